The van der Waals surface area contributed by atoms with Crippen LogP contribution in [-0.4, -0.2) is 66.8 Å². The number of benzene rings is 2. The van der Waals surface area contributed by atoms with Gasteiger partial charge >= 0.3 is 6.03 Å². The lowest BCUT2D eigenvalue weighted by atomic mass is 9.98. The molecule has 0 bridgehead atoms. The van der Waals surface area contributed by atoms with E-state index in [1.165, 1.54) is 30.2 Å². The first-order chi connectivity index (χ1) is 17.4. The fourth-order valence-electron chi connectivity index (χ4n) is 4.36. The molecule has 0 radical (unpaired) electrons. The number of amides is 3. The Morgan fingerprint density at radius 2 is 1.94 bits per heavy atom. The van der Waals surface area contributed by atoms with Crippen molar-refractivity contribution in [2.45, 2.75) is 12.6 Å². The maximum absolute atomic E-state index is 13.7. The molecule has 3 amide bonds. The molecule has 0 saturated carbocycles. The summed E-state index contributed by atoms with van der Waals surface area (Å²) in [6.45, 7) is 1.36. The van der Waals surface area contributed by atoms with Crippen LogP contribution in [0.5, 0.6) is 5.75 Å². The number of methoxy groups -OCH3 is 2. The van der Waals surface area contributed by atoms with E-state index in [4.69, 9.17) is 21.1 Å². The Morgan fingerprint density at radius 3 is 2.69 bits per heavy atom. The number of halogens is 2. The van der Waals surface area contributed by atoms with E-state index < -0.39 is 11.8 Å². The fraction of sp³-hybridized carbons (Fsp3) is 0.308. The van der Waals surface area contributed by atoms with Crippen molar-refractivity contribution in [1.82, 2.24) is 14.4 Å². The number of carbonyl (C=O) groups is 2. The smallest absolute Gasteiger partial charge is 0.322 e. The van der Waals surface area contributed by atoms with Crippen LogP contribution < -0.4 is 10.1 Å². The highest BCUT2D eigenvalue weighted by Crippen LogP contribution is 2.37. The van der Waals surface area contributed by atoms with Gasteiger partial charge < -0.3 is 29.2 Å². The van der Waals surface area contributed by atoms with Crippen LogP contribution in [0.25, 0.3) is 0 Å². The molecule has 1 aliphatic rings. The highest BCUT2D eigenvalue weighted by atomic mass is 35.5. The molecule has 10 heteroatoms. The maximum atomic E-state index is 13.7. The van der Waals surface area contributed by atoms with Gasteiger partial charge in [-0.3, -0.25) is 4.79 Å². The van der Waals surface area contributed by atoms with Crippen molar-refractivity contribution >= 4 is 29.2 Å². The number of nitrogens with one attached hydrogen (secondary N) is 1. The number of hydrogen-bond acceptors (Lipinski definition) is 4. The fourth-order valence-corrected chi connectivity index (χ4v) is 4.54. The normalized spacial score (nSPS) is 14.8. The Morgan fingerprint density at radius 1 is 1.14 bits per heavy atom. The van der Waals surface area contributed by atoms with E-state index in [2.05, 4.69) is 9.88 Å². The summed E-state index contributed by atoms with van der Waals surface area (Å²) in [6.07, 6.45) is 1.99. The van der Waals surface area contributed by atoms with Crippen LogP contribution in [0.15, 0.2) is 60.8 Å². The van der Waals surface area contributed by atoms with Crippen molar-refractivity contribution in [3.63, 3.8) is 0 Å². The van der Waals surface area contributed by atoms with Gasteiger partial charge in [0.1, 0.15) is 24.2 Å². The second-order valence-electron chi connectivity index (χ2n) is 8.33. The number of anilines is 1. The standard InChI is InChI=1S/C26H28ClFN4O4/c1-35-15-14-31(26(34)29-18-9-10-21(28)20(27)16-18)17-24(33)32-13-12-30-11-5-7-22(30)25(32)19-6-3-4-8-23(19)36-2/h3-11,16,25H,12-15,17H2,1-2H3,(H,29,34). The molecule has 1 aromatic heterocycles. The van der Waals surface area contributed by atoms with Gasteiger partial charge in [-0.05, 0) is 36.4 Å². The van der Waals surface area contributed by atoms with Gasteiger partial charge in [0.25, 0.3) is 0 Å². The number of hydrogen-bond donors (Lipinski definition) is 1. The van der Waals surface area contributed by atoms with Gasteiger partial charge in [0.2, 0.25) is 5.91 Å². The highest BCUT2D eigenvalue weighted by molar-refractivity contribution is 6.31. The zero-order valence-corrected chi connectivity index (χ0v) is 20.9. The molecule has 4 rings (SSSR count). The largest absolute Gasteiger partial charge is 0.496 e. The van der Waals surface area contributed by atoms with Gasteiger partial charge in [0.05, 0.1) is 18.7 Å². The first kappa shape index (κ1) is 25.5. The number of rotatable bonds is 8. The SMILES string of the molecule is COCCN(CC(=O)N1CCn2cccc2C1c1ccccc1OC)C(=O)Nc1ccc(F)c(Cl)c1. The molecule has 0 fully saturated rings. The second-order valence-corrected chi connectivity index (χ2v) is 8.74. The highest BCUT2D eigenvalue weighted by Gasteiger charge is 2.35. The summed E-state index contributed by atoms with van der Waals surface area (Å²) in [6, 6.07) is 14.6. The summed E-state index contributed by atoms with van der Waals surface area (Å²) in [5.74, 6) is -0.128. The Kier molecular flexibility index (Phi) is 8.12. The Bertz CT molecular complexity index is 1230. The van der Waals surface area contributed by atoms with Crippen molar-refractivity contribution in [3.05, 3.63) is 82.9 Å². The lowest BCUT2D eigenvalue weighted by Gasteiger charge is -2.38. The lowest BCUT2D eigenvalue weighted by Crippen LogP contribution is -2.49. The van der Waals surface area contributed by atoms with Crippen LogP contribution in [0, 0.1) is 5.82 Å². The number of nitrogens with zero attached hydrogens (tertiary/aromatic N) is 3. The third-order valence-electron chi connectivity index (χ3n) is 6.14. The second kappa shape index (κ2) is 11.5. The van der Waals surface area contributed by atoms with Gasteiger partial charge in [-0.15, -0.1) is 0 Å². The maximum Gasteiger partial charge on any atom is 0.322 e. The molecule has 1 atom stereocenters. The summed E-state index contributed by atoms with van der Waals surface area (Å²) < 4.78 is 26.4. The average Bonchev–Trinajstić information content (AvgIpc) is 3.37. The number of para-hydroxylation sites is 1. The monoisotopic (exact) mass is 514 g/mol. The Labute approximate surface area is 214 Å². The van der Waals surface area contributed by atoms with Crippen LogP contribution >= 0.6 is 11.6 Å². The minimum Gasteiger partial charge on any atom is -0.496 e. The predicted molar refractivity (Wildman–Crippen MR) is 135 cm³/mol. The van der Waals surface area contributed by atoms with Gasteiger partial charge in [-0.1, -0.05) is 29.8 Å². The minimum absolute atomic E-state index is 0.108. The molecule has 2 heterocycles. The topological polar surface area (TPSA) is 76.0 Å². The van der Waals surface area contributed by atoms with Gasteiger partial charge in [-0.25, -0.2) is 9.18 Å². The van der Waals surface area contributed by atoms with Crippen LogP contribution in [0.2, 0.25) is 5.02 Å². The number of urea groups is 1. The summed E-state index contributed by atoms with van der Waals surface area (Å²) in [5.41, 5.74) is 2.15. The van der Waals surface area contributed by atoms with Crippen LogP contribution in [-0.2, 0) is 16.1 Å². The Hall–Kier alpha value is -3.56. The zero-order chi connectivity index (χ0) is 25.7. The van der Waals surface area contributed by atoms with Crippen LogP contribution in [0.4, 0.5) is 14.9 Å². The van der Waals surface area contributed by atoms with Crippen molar-refractivity contribution in [2.75, 3.05) is 45.8 Å². The molecule has 36 heavy (non-hydrogen) atoms. The molecule has 0 spiro atoms. The van der Waals surface area contributed by atoms with Gasteiger partial charge in [-0.2, -0.15) is 0 Å². The molecular weight excluding hydrogens is 487 g/mol. The summed E-state index contributed by atoms with van der Waals surface area (Å²) in [4.78, 5) is 29.9. The lowest BCUT2D eigenvalue weighted by molar-refractivity contribution is -0.134. The summed E-state index contributed by atoms with van der Waals surface area (Å²) >= 11 is 5.84. The molecule has 0 saturated heterocycles. The first-order valence-electron chi connectivity index (χ1n) is 11.5. The van der Waals surface area contributed by atoms with E-state index in [1.54, 1.807) is 12.0 Å². The van der Waals surface area contributed by atoms with E-state index in [-0.39, 0.29) is 36.7 Å². The van der Waals surface area contributed by atoms with Crippen molar-refractivity contribution < 1.29 is 23.5 Å². The van der Waals surface area contributed by atoms with E-state index in [0.717, 1.165) is 11.3 Å². The average molecular weight is 515 g/mol. The summed E-state index contributed by atoms with van der Waals surface area (Å²) in [7, 11) is 3.12. The van der Waals surface area contributed by atoms with E-state index in [1.807, 2.05) is 42.6 Å². The number of aromatic nitrogens is 1. The van der Waals surface area contributed by atoms with E-state index >= 15 is 0 Å². The molecule has 1 unspecified atom stereocenters. The van der Waals surface area contributed by atoms with Crippen molar-refractivity contribution in [2.24, 2.45) is 0 Å². The van der Waals surface area contributed by atoms with Crippen LogP contribution in [0.3, 0.4) is 0 Å². The molecule has 3 aromatic rings. The van der Waals surface area contributed by atoms with Crippen LogP contribution in [0.1, 0.15) is 17.3 Å². The van der Waals surface area contributed by atoms with E-state index in [0.29, 0.717) is 24.5 Å². The molecule has 1 N–H and O–H groups in total. The van der Waals surface area contributed by atoms with Gasteiger partial charge in [0, 0.05) is 49.9 Å². The molecule has 8 nitrogen and oxygen atoms in total. The minimum atomic E-state index is -0.585. The quantitative estimate of drug-likeness (QED) is 0.483. The summed E-state index contributed by atoms with van der Waals surface area (Å²) in [5, 5.41) is 2.58. The first-order valence-corrected chi connectivity index (χ1v) is 11.9. The third kappa shape index (κ3) is 5.47. The third-order valence-corrected chi connectivity index (χ3v) is 6.43. The molecule has 1 aliphatic heterocycles. The predicted octanol–water partition coefficient (Wildman–Crippen LogP) is 4.40. The Balaban J connectivity index is 1.58. The number of ether oxygens (including phenoxy) is 2. The molecule has 2 aromatic carbocycles. The number of fused-ring (bicyclic) bond motifs is 1. The van der Waals surface area contributed by atoms with Crippen molar-refractivity contribution in [3.8, 4) is 5.75 Å². The number of carbonyl (C=O) groups excluding carboxylic acids is 2. The molecular formula is C26H28ClFN4O4. The van der Waals surface area contributed by atoms with Gasteiger partial charge in [0.15, 0.2) is 0 Å². The molecule has 0 aliphatic carbocycles. The van der Waals surface area contributed by atoms with E-state index in [9.17, 15) is 14.0 Å². The van der Waals surface area contributed by atoms with Crippen molar-refractivity contribution in [1.29, 1.82) is 0 Å². The molecule has 190 valence electrons. The zero-order valence-electron chi connectivity index (χ0n) is 20.1.